The summed E-state index contributed by atoms with van der Waals surface area (Å²) in [5.41, 5.74) is 0. The molecule has 0 spiro atoms. The van der Waals surface area contributed by atoms with Crippen LogP contribution in [0.5, 0.6) is 0 Å². The molecule has 1 radical (unpaired) electrons. The molecule has 0 saturated heterocycles. The van der Waals surface area contributed by atoms with Crippen LogP contribution in [0, 0.1) is 0 Å². The topological polar surface area (TPSA) is 71.4 Å². The van der Waals surface area contributed by atoms with E-state index in [2.05, 4.69) is 0 Å². The number of hydrogen-bond acceptors (Lipinski definition) is 3. The van der Waals surface area contributed by atoms with Crippen molar-refractivity contribution < 1.29 is 36.6 Å². The Hall–Kier alpha value is -0.671. The van der Waals surface area contributed by atoms with Crippen molar-refractivity contribution in [2.45, 2.75) is 13.3 Å². The first-order valence-electron chi connectivity index (χ1n) is 2.29. The van der Waals surface area contributed by atoms with E-state index in [0.717, 1.165) is 0 Å². The molecule has 0 bridgehead atoms. The number of hydrogen-bond donors (Lipinski definition) is 1. The van der Waals surface area contributed by atoms with Gasteiger partial charge in [0.1, 0.15) is 5.78 Å². The van der Waals surface area contributed by atoms with Gasteiger partial charge in [-0.2, -0.15) is 0 Å². The van der Waals surface area contributed by atoms with Crippen LogP contribution >= 0.6 is 0 Å². The van der Waals surface area contributed by atoms with Crippen LogP contribution in [0.3, 0.4) is 0 Å². The molecule has 0 aliphatic rings. The predicted molar refractivity (Wildman–Crippen MR) is 27.9 cm³/mol. The number of ketones is 2. The van der Waals surface area contributed by atoms with Gasteiger partial charge < -0.3 is 5.11 Å². The Bertz CT molecular complexity index is 163. The first-order chi connectivity index (χ1) is 4.04. The first kappa shape index (κ1) is 12.0. The summed E-state index contributed by atoms with van der Waals surface area (Å²) in [6.07, 6.45) is -0.505. The molecule has 0 atom stereocenters. The maximum absolute atomic E-state index is 10.1. The second kappa shape index (κ2) is 5.14. The predicted octanol–water partition coefficient (Wildman–Crippen LogP) is -0.383. The van der Waals surface area contributed by atoms with Crippen molar-refractivity contribution in [2.75, 3.05) is 0 Å². The van der Waals surface area contributed by atoms with Gasteiger partial charge >= 0.3 is 5.97 Å². The van der Waals surface area contributed by atoms with E-state index < -0.39 is 24.0 Å². The van der Waals surface area contributed by atoms with Crippen LogP contribution in [0.2, 0.25) is 0 Å². The van der Waals surface area contributed by atoms with Crippen molar-refractivity contribution >= 4 is 17.5 Å². The van der Waals surface area contributed by atoms with Crippen LogP contribution in [0.25, 0.3) is 0 Å². The van der Waals surface area contributed by atoms with E-state index in [1.165, 1.54) is 6.92 Å². The number of carbonyl (C=O) groups excluding carboxylic acids is 2. The van der Waals surface area contributed by atoms with Crippen molar-refractivity contribution in [3.8, 4) is 0 Å². The molecule has 10 heavy (non-hydrogen) atoms. The van der Waals surface area contributed by atoms with Crippen molar-refractivity contribution in [1.29, 1.82) is 0 Å². The summed E-state index contributed by atoms with van der Waals surface area (Å²) in [5.74, 6) is -3.03. The fourth-order valence-corrected chi connectivity index (χ4v) is 0.302. The zero-order valence-corrected chi connectivity index (χ0v) is 6.44. The Balaban J connectivity index is 0. The molecular weight excluding hydrogens is 179 g/mol. The molecule has 57 valence electrons. The monoisotopic (exact) mass is 185 g/mol. The third kappa shape index (κ3) is 5.47. The van der Waals surface area contributed by atoms with Crippen LogP contribution in [0.1, 0.15) is 13.3 Å². The van der Waals surface area contributed by atoms with Crippen LogP contribution < -0.4 is 0 Å². The number of carboxylic acid groups (broad SMARTS) is 1. The molecule has 0 aromatic heterocycles. The van der Waals surface area contributed by atoms with Crippen LogP contribution in [0.4, 0.5) is 0 Å². The normalized spacial score (nSPS) is 7.70. The molecule has 5 heteroatoms. The van der Waals surface area contributed by atoms with Gasteiger partial charge in [0, 0.05) is 17.1 Å². The van der Waals surface area contributed by atoms with Gasteiger partial charge in [-0.3, -0.25) is 9.59 Å². The summed E-state index contributed by atoms with van der Waals surface area (Å²) in [5, 5.41) is 7.93. The summed E-state index contributed by atoms with van der Waals surface area (Å²) in [7, 11) is 0. The Morgan fingerprint density at radius 2 is 1.70 bits per heavy atom. The Morgan fingerprint density at radius 3 is 1.80 bits per heavy atom. The van der Waals surface area contributed by atoms with Gasteiger partial charge in [0.2, 0.25) is 5.78 Å². The number of carbonyl (C=O) groups is 3. The molecular formula is C5H6MnO4. The quantitative estimate of drug-likeness (QED) is 0.369. The smallest absolute Gasteiger partial charge is 0.372 e. The Labute approximate surface area is 68.1 Å². The fourth-order valence-electron chi connectivity index (χ4n) is 0.302. The summed E-state index contributed by atoms with van der Waals surface area (Å²) < 4.78 is 0. The van der Waals surface area contributed by atoms with Crippen LogP contribution in [-0.4, -0.2) is 22.6 Å². The summed E-state index contributed by atoms with van der Waals surface area (Å²) >= 11 is 0. The van der Waals surface area contributed by atoms with Crippen LogP contribution in [0.15, 0.2) is 0 Å². The van der Waals surface area contributed by atoms with Crippen molar-refractivity contribution in [3.05, 3.63) is 0 Å². The zero-order valence-electron chi connectivity index (χ0n) is 5.26. The maximum atomic E-state index is 10.1. The second-order valence-corrected chi connectivity index (χ2v) is 1.61. The average molecular weight is 185 g/mol. The van der Waals surface area contributed by atoms with Crippen molar-refractivity contribution in [3.63, 3.8) is 0 Å². The van der Waals surface area contributed by atoms with Gasteiger partial charge in [-0.25, -0.2) is 4.79 Å². The van der Waals surface area contributed by atoms with E-state index in [1.54, 1.807) is 0 Å². The number of aliphatic carboxylic acids is 1. The molecule has 0 fully saturated rings. The van der Waals surface area contributed by atoms with Crippen molar-refractivity contribution in [1.82, 2.24) is 0 Å². The molecule has 0 aromatic rings. The van der Waals surface area contributed by atoms with Crippen LogP contribution in [-0.2, 0) is 31.5 Å². The molecule has 0 amide bonds. The molecule has 0 aliphatic carbocycles. The summed E-state index contributed by atoms with van der Waals surface area (Å²) in [6, 6.07) is 0. The molecule has 4 nitrogen and oxygen atoms in total. The second-order valence-electron chi connectivity index (χ2n) is 1.61. The third-order valence-corrected chi connectivity index (χ3v) is 0.648. The third-order valence-electron chi connectivity index (χ3n) is 0.648. The molecule has 0 aliphatic heterocycles. The first-order valence-corrected chi connectivity index (χ1v) is 2.29. The molecule has 0 aromatic carbocycles. The number of carboxylic acids is 1. The van der Waals surface area contributed by atoms with Gasteiger partial charge in [0.05, 0.1) is 6.42 Å². The number of Topliss-reactive ketones (excluding diaryl/α,β-unsaturated/α-hetero) is 2. The molecule has 0 rings (SSSR count). The van der Waals surface area contributed by atoms with E-state index in [4.69, 9.17) is 5.11 Å². The average Bonchev–Trinajstić information content (AvgIpc) is 1.63. The molecule has 0 heterocycles. The van der Waals surface area contributed by atoms with Gasteiger partial charge in [0.15, 0.2) is 0 Å². The molecule has 0 unspecified atom stereocenters. The van der Waals surface area contributed by atoms with E-state index in [9.17, 15) is 14.4 Å². The van der Waals surface area contributed by atoms with Gasteiger partial charge in [-0.15, -0.1) is 0 Å². The summed E-state index contributed by atoms with van der Waals surface area (Å²) in [6.45, 7) is 1.17. The minimum absolute atomic E-state index is 0. The van der Waals surface area contributed by atoms with Gasteiger partial charge in [-0.1, -0.05) is 0 Å². The maximum Gasteiger partial charge on any atom is 0.372 e. The fraction of sp³-hybridized carbons (Fsp3) is 0.400. The van der Waals surface area contributed by atoms with E-state index in [-0.39, 0.29) is 17.1 Å². The number of rotatable bonds is 3. The SMILES string of the molecule is CC(=O)CC(=O)C(=O)O.[Mn]. The standard InChI is InChI=1S/C5H6O4.Mn/c1-3(6)2-4(7)5(8)9;/h2H2,1H3,(H,8,9);. The Kier molecular flexibility index (Phi) is 6.19. The van der Waals surface area contributed by atoms with E-state index in [0.29, 0.717) is 0 Å². The minimum atomic E-state index is -1.55. The van der Waals surface area contributed by atoms with E-state index in [1.807, 2.05) is 0 Å². The summed E-state index contributed by atoms with van der Waals surface area (Å²) in [4.78, 5) is 29.9. The largest absolute Gasteiger partial charge is 0.475 e. The molecule has 0 saturated carbocycles. The van der Waals surface area contributed by atoms with Gasteiger partial charge in [0.25, 0.3) is 0 Å². The molecule has 1 N–H and O–H groups in total. The van der Waals surface area contributed by atoms with E-state index >= 15 is 0 Å². The Morgan fingerprint density at radius 1 is 1.30 bits per heavy atom. The van der Waals surface area contributed by atoms with Crippen molar-refractivity contribution in [2.24, 2.45) is 0 Å². The van der Waals surface area contributed by atoms with Gasteiger partial charge in [-0.05, 0) is 6.92 Å². The minimum Gasteiger partial charge on any atom is -0.475 e. The zero-order chi connectivity index (χ0) is 7.44.